The van der Waals surface area contributed by atoms with E-state index in [9.17, 15) is 4.79 Å². The maximum atomic E-state index is 12.9. The average Bonchev–Trinajstić information content (AvgIpc) is 2.65. The Hall–Kier alpha value is -2.87. The van der Waals surface area contributed by atoms with E-state index in [2.05, 4.69) is 29.7 Å². The molecule has 0 radical (unpaired) electrons. The fourth-order valence-electron chi connectivity index (χ4n) is 3.40. The topological polar surface area (TPSA) is 22.0 Å². The van der Waals surface area contributed by atoms with Crippen LogP contribution in [0.5, 0.6) is 0 Å². The van der Waals surface area contributed by atoms with Crippen LogP contribution < -0.4 is 5.43 Å². The van der Waals surface area contributed by atoms with Crippen molar-refractivity contribution in [3.8, 4) is 11.1 Å². The SMILES string of the molecule is CCCn1c2ccccc2c(=O)c2ccc(-c3ccccc3)cc21. The van der Waals surface area contributed by atoms with E-state index in [1.54, 1.807) is 0 Å². The highest BCUT2D eigenvalue weighted by Crippen LogP contribution is 2.26. The number of aromatic nitrogens is 1. The van der Waals surface area contributed by atoms with Gasteiger partial charge in [-0.2, -0.15) is 0 Å². The van der Waals surface area contributed by atoms with Crippen LogP contribution in [0.15, 0.2) is 77.6 Å². The maximum absolute atomic E-state index is 12.9. The van der Waals surface area contributed by atoms with Gasteiger partial charge < -0.3 is 4.57 Å². The van der Waals surface area contributed by atoms with E-state index in [4.69, 9.17) is 0 Å². The second kappa shape index (κ2) is 5.97. The van der Waals surface area contributed by atoms with Crippen molar-refractivity contribution in [2.45, 2.75) is 19.9 Å². The summed E-state index contributed by atoms with van der Waals surface area (Å²) < 4.78 is 2.28. The zero-order valence-electron chi connectivity index (χ0n) is 13.7. The fraction of sp³-hybridized carbons (Fsp3) is 0.136. The smallest absolute Gasteiger partial charge is 0.197 e. The first kappa shape index (κ1) is 14.7. The molecule has 0 amide bonds. The Morgan fingerprint density at radius 1 is 0.750 bits per heavy atom. The first-order valence-corrected chi connectivity index (χ1v) is 8.40. The number of hydrogen-bond donors (Lipinski definition) is 0. The van der Waals surface area contributed by atoms with E-state index in [0.29, 0.717) is 0 Å². The zero-order valence-corrected chi connectivity index (χ0v) is 13.7. The molecular formula is C22H19NO. The Balaban J connectivity index is 2.10. The van der Waals surface area contributed by atoms with Crippen LogP contribution in [0.2, 0.25) is 0 Å². The van der Waals surface area contributed by atoms with Crippen LogP contribution >= 0.6 is 0 Å². The number of nitrogens with zero attached hydrogens (tertiary/aromatic N) is 1. The van der Waals surface area contributed by atoms with Gasteiger partial charge in [-0.25, -0.2) is 0 Å². The summed E-state index contributed by atoms with van der Waals surface area (Å²) in [4.78, 5) is 12.9. The van der Waals surface area contributed by atoms with Crippen molar-refractivity contribution < 1.29 is 0 Å². The average molecular weight is 313 g/mol. The number of benzene rings is 3. The zero-order chi connectivity index (χ0) is 16.5. The van der Waals surface area contributed by atoms with Crippen LogP contribution in [0.4, 0.5) is 0 Å². The Kier molecular flexibility index (Phi) is 3.66. The van der Waals surface area contributed by atoms with Crippen molar-refractivity contribution in [1.82, 2.24) is 4.57 Å². The summed E-state index contributed by atoms with van der Waals surface area (Å²) in [6.45, 7) is 3.06. The Bertz CT molecular complexity index is 1080. The summed E-state index contributed by atoms with van der Waals surface area (Å²) >= 11 is 0. The molecule has 2 heteroatoms. The largest absolute Gasteiger partial charge is 0.340 e. The van der Waals surface area contributed by atoms with E-state index >= 15 is 0 Å². The van der Waals surface area contributed by atoms with Crippen molar-refractivity contribution >= 4 is 21.8 Å². The predicted octanol–water partition coefficient (Wildman–Crippen LogP) is 5.23. The van der Waals surface area contributed by atoms with Crippen LogP contribution in [0.3, 0.4) is 0 Å². The van der Waals surface area contributed by atoms with Gasteiger partial charge in [0, 0.05) is 17.3 Å². The van der Waals surface area contributed by atoms with Gasteiger partial charge in [0.2, 0.25) is 0 Å². The van der Waals surface area contributed by atoms with E-state index in [0.717, 1.165) is 40.3 Å². The predicted molar refractivity (Wildman–Crippen MR) is 101 cm³/mol. The minimum atomic E-state index is 0.118. The first-order valence-electron chi connectivity index (χ1n) is 8.40. The summed E-state index contributed by atoms with van der Waals surface area (Å²) in [7, 11) is 0. The quantitative estimate of drug-likeness (QED) is 0.475. The number of hydrogen-bond acceptors (Lipinski definition) is 1. The monoisotopic (exact) mass is 313 g/mol. The molecular weight excluding hydrogens is 294 g/mol. The van der Waals surface area contributed by atoms with Gasteiger partial charge in [-0.3, -0.25) is 4.79 Å². The minimum Gasteiger partial charge on any atom is -0.340 e. The number of pyridine rings is 1. The van der Waals surface area contributed by atoms with E-state index in [1.807, 2.05) is 54.6 Å². The molecule has 0 bridgehead atoms. The standard InChI is InChI=1S/C22H19NO/c1-2-14-23-20-11-7-6-10-18(20)22(24)19-13-12-17(15-21(19)23)16-8-4-3-5-9-16/h3-13,15H,2,14H2,1H3. The lowest BCUT2D eigenvalue weighted by Gasteiger charge is -2.15. The molecule has 24 heavy (non-hydrogen) atoms. The number of aryl methyl sites for hydroxylation is 1. The summed E-state index contributed by atoms with van der Waals surface area (Å²) in [5.74, 6) is 0. The van der Waals surface area contributed by atoms with Crippen molar-refractivity contribution in [2.24, 2.45) is 0 Å². The van der Waals surface area contributed by atoms with Gasteiger partial charge in [-0.05, 0) is 41.8 Å². The molecule has 0 atom stereocenters. The Morgan fingerprint density at radius 3 is 2.25 bits per heavy atom. The lowest BCUT2D eigenvalue weighted by molar-refractivity contribution is 0.720. The number of para-hydroxylation sites is 1. The molecule has 1 aromatic heterocycles. The van der Waals surface area contributed by atoms with Gasteiger partial charge in [0.15, 0.2) is 5.43 Å². The summed E-state index contributed by atoms with van der Waals surface area (Å²) in [5, 5.41) is 1.59. The van der Waals surface area contributed by atoms with Crippen molar-refractivity contribution in [3.63, 3.8) is 0 Å². The molecule has 1 heterocycles. The summed E-state index contributed by atoms with van der Waals surface area (Å²) in [5.41, 5.74) is 4.46. The number of rotatable bonds is 3. The van der Waals surface area contributed by atoms with Crippen LogP contribution in [0.1, 0.15) is 13.3 Å². The molecule has 0 aliphatic carbocycles. The minimum absolute atomic E-state index is 0.118. The molecule has 0 aliphatic heterocycles. The van der Waals surface area contributed by atoms with E-state index < -0.39 is 0 Å². The van der Waals surface area contributed by atoms with Gasteiger partial charge in [-0.15, -0.1) is 0 Å². The third-order valence-corrected chi connectivity index (χ3v) is 4.53. The Morgan fingerprint density at radius 2 is 1.46 bits per heavy atom. The number of fused-ring (bicyclic) bond motifs is 2. The molecule has 4 aromatic rings. The lowest BCUT2D eigenvalue weighted by atomic mass is 10.0. The van der Waals surface area contributed by atoms with Gasteiger partial charge in [0.05, 0.1) is 11.0 Å². The van der Waals surface area contributed by atoms with Crippen LogP contribution in [-0.2, 0) is 6.54 Å². The fourth-order valence-corrected chi connectivity index (χ4v) is 3.40. The van der Waals surface area contributed by atoms with Gasteiger partial charge in [0.1, 0.15) is 0 Å². The molecule has 0 N–H and O–H groups in total. The highest BCUT2D eigenvalue weighted by molar-refractivity contribution is 5.95. The van der Waals surface area contributed by atoms with Crippen molar-refractivity contribution in [1.29, 1.82) is 0 Å². The lowest BCUT2D eigenvalue weighted by Crippen LogP contribution is -2.11. The molecule has 2 nitrogen and oxygen atoms in total. The van der Waals surface area contributed by atoms with Crippen LogP contribution in [-0.4, -0.2) is 4.57 Å². The summed E-state index contributed by atoms with van der Waals surface area (Å²) in [6.07, 6.45) is 1.03. The van der Waals surface area contributed by atoms with Crippen molar-refractivity contribution in [3.05, 3.63) is 83.0 Å². The molecule has 118 valence electrons. The Labute approximate surface area is 141 Å². The second-order valence-electron chi connectivity index (χ2n) is 6.10. The van der Waals surface area contributed by atoms with Gasteiger partial charge in [-0.1, -0.05) is 55.5 Å². The van der Waals surface area contributed by atoms with Gasteiger partial charge >= 0.3 is 0 Å². The summed E-state index contributed by atoms with van der Waals surface area (Å²) in [6, 6.07) is 24.4. The third kappa shape index (κ3) is 2.31. The second-order valence-corrected chi connectivity index (χ2v) is 6.10. The molecule has 4 rings (SSSR count). The first-order chi connectivity index (χ1) is 11.8. The molecule has 0 unspecified atom stereocenters. The van der Waals surface area contributed by atoms with Crippen LogP contribution in [0.25, 0.3) is 32.9 Å². The third-order valence-electron chi connectivity index (χ3n) is 4.53. The van der Waals surface area contributed by atoms with Crippen LogP contribution in [0, 0.1) is 0 Å². The molecule has 0 aliphatic rings. The van der Waals surface area contributed by atoms with Gasteiger partial charge in [0.25, 0.3) is 0 Å². The van der Waals surface area contributed by atoms with Crippen molar-refractivity contribution in [2.75, 3.05) is 0 Å². The molecule has 0 spiro atoms. The maximum Gasteiger partial charge on any atom is 0.197 e. The highest BCUT2D eigenvalue weighted by atomic mass is 16.1. The normalized spacial score (nSPS) is 11.2. The van der Waals surface area contributed by atoms with E-state index in [-0.39, 0.29) is 5.43 Å². The molecule has 3 aromatic carbocycles. The molecule has 0 saturated carbocycles. The molecule has 0 saturated heterocycles. The highest BCUT2D eigenvalue weighted by Gasteiger charge is 2.11. The van der Waals surface area contributed by atoms with E-state index in [1.165, 1.54) is 5.56 Å². The molecule has 0 fully saturated rings.